The molecule has 0 fully saturated rings. The van der Waals surface area contributed by atoms with Gasteiger partial charge in [-0.2, -0.15) is 0 Å². The van der Waals surface area contributed by atoms with E-state index in [-0.39, 0.29) is 0 Å². The molecule has 0 aliphatic heterocycles. The predicted molar refractivity (Wildman–Crippen MR) is 111 cm³/mol. The van der Waals surface area contributed by atoms with Crippen LogP contribution in [-0.4, -0.2) is 26.6 Å². The fourth-order valence-corrected chi connectivity index (χ4v) is 2.52. The highest BCUT2D eigenvalue weighted by atomic mass is 16.5. The minimum absolute atomic E-state index is 0.633. The van der Waals surface area contributed by atoms with Gasteiger partial charge in [-0.3, -0.25) is 9.98 Å². The Morgan fingerprint density at radius 3 is 1.96 bits per heavy atom. The molecule has 3 aromatic carbocycles. The Balaban J connectivity index is 1.62. The Bertz CT molecular complexity index is 914. The van der Waals surface area contributed by atoms with Crippen LogP contribution in [0.1, 0.15) is 16.7 Å². The van der Waals surface area contributed by atoms with Crippen molar-refractivity contribution in [3.8, 4) is 11.5 Å². The summed E-state index contributed by atoms with van der Waals surface area (Å²) in [6.07, 6.45) is 3.73. The Labute approximate surface area is 159 Å². The molecular weight excluding hydrogens is 336 g/mol. The van der Waals surface area contributed by atoms with Crippen LogP contribution in [-0.2, 0) is 6.54 Å². The molecule has 0 saturated heterocycles. The van der Waals surface area contributed by atoms with Gasteiger partial charge in [-0.1, -0.05) is 30.3 Å². The summed E-state index contributed by atoms with van der Waals surface area (Å²) in [6.45, 7) is 0.633. The van der Waals surface area contributed by atoms with Gasteiger partial charge in [0.05, 0.1) is 26.5 Å². The summed E-state index contributed by atoms with van der Waals surface area (Å²) in [5.41, 5.74) is 4.10. The molecule has 0 unspecified atom stereocenters. The molecule has 4 nitrogen and oxygen atoms in total. The third-order valence-electron chi connectivity index (χ3n) is 4.02. The monoisotopic (exact) mass is 358 g/mol. The average molecular weight is 358 g/mol. The second-order valence-corrected chi connectivity index (χ2v) is 5.94. The van der Waals surface area contributed by atoms with Crippen molar-refractivity contribution in [2.75, 3.05) is 14.2 Å². The molecule has 0 saturated carbocycles. The van der Waals surface area contributed by atoms with Crippen LogP contribution >= 0.6 is 0 Å². The predicted octanol–water partition coefficient (Wildman–Crippen LogP) is 5.07. The number of aliphatic imine (C=N–C) groups is 2. The van der Waals surface area contributed by atoms with Crippen LogP contribution in [0.15, 0.2) is 82.8 Å². The van der Waals surface area contributed by atoms with Gasteiger partial charge in [0.1, 0.15) is 11.5 Å². The first-order valence-electron chi connectivity index (χ1n) is 8.68. The van der Waals surface area contributed by atoms with Crippen molar-refractivity contribution >= 4 is 18.1 Å². The second kappa shape index (κ2) is 9.34. The number of ether oxygens (including phenoxy) is 2. The van der Waals surface area contributed by atoms with E-state index in [1.165, 1.54) is 0 Å². The molecule has 0 heterocycles. The fraction of sp³-hybridized carbons (Fsp3) is 0.130. The van der Waals surface area contributed by atoms with Crippen LogP contribution in [0.4, 0.5) is 5.69 Å². The molecule has 0 atom stereocenters. The lowest BCUT2D eigenvalue weighted by Gasteiger charge is -2.01. The van der Waals surface area contributed by atoms with E-state index >= 15 is 0 Å². The van der Waals surface area contributed by atoms with Crippen LogP contribution in [0.5, 0.6) is 11.5 Å². The van der Waals surface area contributed by atoms with E-state index in [0.29, 0.717) is 6.54 Å². The van der Waals surface area contributed by atoms with E-state index in [1.54, 1.807) is 14.2 Å². The molecule has 0 radical (unpaired) electrons. The summed E-state index contributed by atoms with van der Waals surface area (Å²) in [6, 6.07) is 23.7. The topological polar surface area (TPSA) is 43.2 Å². The smallest absolute Gasteiger partial charge is 0.119 e. The normalized spacial score (nSPS) is 11.2. The summed E-state index contributed by atoms with van der Waals surface area (Å²) in [5.74, 6) is 1.68. The second-order valence-electron chi connectivity index (χ2n) is 5.94. The Morgan fingerprint density at radius 1 is 0.741 bits per heavy atom. The largest absolute Gasteiger partial charge is 0.497 e. The molecule has 27 heavy (non-hydrogen) atoms. The Hall–Kier alpha value is -3.40. The minimum atomic E-state index is 0.633. The van der Waals surface area contributed by atoms with Crippen molar-refractivity contribution in [2.24, 2.45) is 9.98 Å². The van der Waals surface area contributed by atoms with E-state index in [1.807, 2.05) is 79.2 Å². The van der Waals surface area contributed by atoms with Gasteiger partial charge in [0.15, 0.2) is 0 Å². The maximum atomic E-state index is 5.17. The van der Waals surface area contributed by atoms with Gasteiger partial charge < -0.3 is 9.47 Å². The number of nitrogens with zero attached hydrogens (tertiary/aromatic N) is 2. The maximum absolute atomic E-state index is 5.17. The van der Waals surface area contributed by atoms with Gasteiger partial charge in [0.25, 0.3) is 0 Å². The molecular formula is C23H22N2O2. The van der Waals surface area contributed by atoms with Crippen molar-refractivity contribution < 1.29 is 9.47 Å². The summed E-state index contributed by atoms with van der Waals surface area (Å²) < 4.78 is 10.3. The van der Waals surface area contributed by atoms with Gasteiger partial charge in [-0.25, -0.2) is 0 Å². The third kappa shape index (κ3) is 5.54. The van der Waals surface area contributed by atoms with E-state index in [2.05, 4.69) is 16.1 Å². The van der Waals surface area contributed by atoms with Gasteiger partial charge in [-0.05, 0) is 59.2 Å². The summed E-state index contributed by atoms with van der Waals surface area (Å²) >= 11 is 0. The quantitative estimate of drug-likeness (QED) is 0.553. The standard InChI is InChI=1S/C23H22N2O2/c1-26-22-10-6-18(7-11-22)15-24-16-19-4-3-5-20(14-19)17-25-21-8-12-23(27-2)13-9-21/h3-14,16-17H,15H2,1-2H3. The summed E-state index contributed by atoms with van der Waals surface area (Å²) in [4.78, 5) is 9.02. The molecule has 0 aromatic heterocycles. The van der Waals surface area contributed by atoms with E-state index in [0.717, 1.165) is 33.9 Å². The highest BCUT2D eigenvalue weighted by Crippen LogP contribution is 2.17. The molecule has 0 N–H and O–H groups in total. The third-order valence-corrected chi connectivity index (χ3v) is 4.02. The molecule has 136 valence electrons. The van der Waals surface area contributed by atoms with Crippen molar-refractivity contribution in [1.29, 1.82) is 0 Å². The highest BCUT2D eigenvalue weighted by molar-refractivity contribution is 5.87. The molecule has 3 rings (SSSR count). The van der Waals surface area contributed by atoms with Crippen molar-refractivity contribution in [2.45, 2.75) is 6.54 Å². The number of benzene rings is 3. The van der Waals surface area contributed by atoms with Crippen LogP contribution in [0.25, 0.3) is 0 Å². The maximum Gasteiger partial charge on any atom is 0.119 e. The zero-order chi connectivity index (χ0) is 18.9. The van der Waals surface area contributed by atoms with E-state index < -0.39 is 0 Å². The molecule has 0 spiro atoms. The first-order chi connectivity index (χ1) is 13.3. The number of hydrogen-bond donors (Lipinski definition) is 0. The first-order valence-corrected chi connectivity index (χ1v) is 8.68. The lowest BCUT2D eigenvalue weighted by Crippen LogP contribution is -1.88. The molecule has 4 heteroatoms. The van der Waals surface area contributed by atoms with Gasteiger partial charge in [0, 0.05) is 12.4 Å². The number of methoxy groups -OCH3 is 2. The molecule has 0 amide bonds. The van der Waals surface area contributed by atoms with Crippen LogP contribution in [0, 0.1) is 0 Å². The summed E-state index contributed by atoms with van der Waals surface area (Å²) in [7, 11) is 3.32. The lowest BCUT2D eigenvalue weighted by molar-refractivity contribution is 0.414. The fourth-order valence-electron chi connectivity index (χ4n) is 2.52. The molecule has 0 bridgehead atoms. The molecule has 0 aliphatic rings. The van der Waals surface area contributed by atoms with Gasteiger partial charge in [-0.15, -0.1) is 0 Å². The Morgan fingerprint density at radius 2 is 1.33 bits per heavy atom. The highest BCUT2D eigenvalue weighted by Gasteiger charge is 1.95. The van der Waals surface area contributed by atoms with Crippen molar-refractivity contribution in [1.82, 2.24) is 0 Å². The Kier molecular flexibility index (Phi) is 6.36. The van der Waals surface area contributed by atoms with Gasteiger partial charge in [0.2, 0.25) is 0 Å². The average Bonchev–Trinajstić information content (AvgIpc) is 2.73. The SMILES string of the molecule is COc1ccc(CN=Cc2cccc(C=Nc3ccc(OC)cc3)c2)cc1. The van der Waals surface area contributed by atoms with Crippen LogP contribution in [0.2, 0.25) is 0 Å². The molecule has 3 aromatic rings. The first kappa shape index (κ1) is 18.4. The lowest BCUT2D eigenvalue weighted by atomic mass is 10.1. The summed E-state index contributed by atoms with van der Waals surface area (Å²) in [5, 5.41) is 0. The zero-order valence-electron chi connectivity index (χ0n) is 15.5. The van der Waals surface area contributed by atoms with E-state index in [4.69, 9.17) is 9.47 Å². The van der Waals surface area contributed by atoms with Crippen molar-refractivity contribution in [3.63, 3.8) is 0 Å². The molecule has 0 aliphatic carbocycles. The zero-order valence-corrected chi connectivity index (χ0v) is 15.5. The number of rotatable bonds is 7. The van der Waals surface area contributed by atoms with Gasteiger partial charge >= 0.3 is 0 Å². The number of hydrogen-bond acceptors (Lipinski definition) is 4. The minimum Gasteiger partial charge on any atom is -0.497 e. The van der Waals surface area contributed by atoms with E-state index in [9.17, 15) is 0 Å². The van der Waals surface area contributed by atoms with Crippen molar-refractivity contribution in [3.05, 3.63) is 89.5 Å². The van der Waals surface area contributed by atoms with Crippen LogP contribution < -0.4 is 9.47 Å². The van der Waals surface area contributed by atoms with Crippen LogP contribution in [0.3, 0.4) is 0 Å².